The normalized spacial score (nSPS) is 20.6. The second-order valence-electron chi connectivity index (χ2n) is 7.29. The van der Waals surface area contributed by atoms with Gasteiger partial charge in [-0.1, -0.05) is 32.9 Å². The van der Waals surface area contributed by atoms with Crippen molar-refractivity contribution in [3.05, 3.63) is 34.4 Å². The zero-order valence-corrected chi connectivity index (χ0v) is 13.7. The summed E-state index contributed by atoms with van der Waals surface area (Å²) in [6.07, 6.45) is 2.35. The molecule has 0 saturated carbocycles. The minimum absolute atomic E-state index is 0.204. The number of benzene rings is 1. The molecule has 112 valence electrons. The first kappa shape index (κ1) is 15.5. The van der Waals surface area contributed by atoms with Gasteiger partial charge in [0.2, 0.25) is 0 Å². The molecule has 2 rings (SSSR count). The monoisotopic (exact) mass is 275 g/mol. The molecule has 1 aromatic rings. The molecule has 1 saturated heterocycles. The molecule has 1 fully saturated rings. The maximum absolute atomic E-state index is 9.46. The van der Waals surface area contributed by atoms with Gasteiger partial charge < -0.3 is 5.11 Å². The molecule has 2 heteroatoms. The van der Waals surface area contributed by atoms with Crippen LogP contribution in [0.5, 0.6) is 0 Å². The van der Waals surface area contributed by atoms with Crippen molar-refractivity contribution in [2.45, 2.75) is 65.5 Å². The Morgan fingerprint density at radius 3 is 2.30 bits per heavy atom. The molecule has 2 nitrogen and oxygen atoms in total. The maximum Gasteiger partial charge on any atom is 0.0587 e. The molecule has 0 unspecified atom stereocenters. The van der Waals surface area contributed by atoms with Crippen LogP contribution in [0.1, 0.15) is 55.9 Å². The third-order valence-corrected chi connectivity index (χ3v) is 4.63. The molecule has 0 aromatic heterocycles. The van der Waals surface area contributed by atoms with Crippen molar-refractivity contribution in [2.24, 2.45) is 0 Å². The first-order chi connectivity index (χ1) is 9.32. The van der Waals surface area contributed by atoms with E-state index in [9.17, 15) is 5.11 Å². The molecule has 1 aliphatic rings. The van der Waals surface area contributed by atoms with E-state index >= 15 is 0 Å². The molecular formula is C18H29NO. The van der Waals surface area contributed by atoms with E-state index in [2.05, 4.69) is 51.7 Å². The van der Waals surface area contributed by atoms with Gasteiger partial charge in [0.1, 0.15) is 0 Å². The number of rotatable bonds is 3. The van der Waals surface area contributed by atoms with Crippen molar-refractivity contribution >= 4 is 0 Å². The number of aryl methyl sites for hydroxylation is 2. The quantitative estimate of drug-likeness (QED) is 0.912. The van der Waals surface area contributed by atoms with Crippen molar-refractivity contribution in [2.75, 3.05) is 13.2 Å². The summed E-state index contributed by atoms with van der Waals surface area (Å²) in [7, 11) is 0. The number of hydrogen-bond donors (Lipinski definition) is 1. The van der Waals surface area contributed by atoms with Gasteiger partial charge in [-0.3, -0.25) is 4.90 Å². The Morgan fingerprint density at radius 1 is 1.20 bits per heavy atom. The van der Waals surface area contributed by atoms with Crippen LogP contribution < -0.4 is 0 Å². The van der Waals surface area contributed by atoms with E-state index in [4.69, 9.17) is 0 Å². The highest BCUT2D eigenvalue weighted by Gasteiger charge is 2.25. The summed E-state index contributed by atoms with van der Waals surface area (Å²) in [5.41, 5.74) is 5.83. The van der Waals surface area contributed by atoms with E-state index in [0.717, 1.165) is 19.5 Å². The largest absolute Gasteiger partial charge is 0.395 e. The predicted octanol–water partition coefficient (Wildman–Crippen LogP) is 3.56. The van der Waals surface area contributed by atoms with E-state index in [1.54, 1.807) is 0 Å². The Labute approximate surface area is 123 Å². The Hall–Kier alpha value is -0.860. The van der Waals surface area contributed by atoms with Crippen LogP contribution in [0.3, 0.4) is 0 Å². The third-order valence-electron chi connectivity index (χ3n) is 4.63. The van der Waals surface area contributed by atoms with Crippen LogP contribution in [0.15, 0.2) is 12.1 Å². The summed E-state index contributed by atoms with van der Waals surface area (Å²) in [5, 5.41) is 9.46. The summed E-state index contributed by atoms with van der Waals surface area (Å²) < 4.78 is 0. The van der Waals surface area contributed by atoms with Crippen LogP contribution in [-0.2, 0) is 12.0 Å². The van der Waals surface area contributed by atoms with Gasteiger partial charge in [-0.15, -0.1) is 0 Å². The average Bonchev–Trinajstić information content (AvgIpc) is 2.79. The minimum atomic E-state index is 0.204. The molecule has 0 amide bonds. The van der Waals surface area contributed by atoms with Crippen LogP contribution in [0.2, 0.25) is 0 Å². The highest BCUT2D eigenvalue weighted by molar-refractivity contribution is 5.40. The maximum atomic E-state index is 9.46. The van der Waals surface area contributed by atoms with Crippen molar-refractivity contribution in [3.8, 4) is 0 Å². The Morgan fingerprint density at radius 2 is 1.80 bits per heavy atom. The van der Waals surface area contributed by atoms with Crippen molar-refractivity contribution in [3.63, 3.8) is 0 Å². The Balaban J connectivity index is 2.25. The number of aliphatic hydroxyl groups excluding tert-OH is 1. The van der Waals surface area contributed by atoms with Gasteiger partial charge in [-0.25, -0.2) is 0 Å². The highest BCUT2D eigenvalue weighted by atomic mass is 16.3. The van der Waals surface area contributed by atoms with Crippen LogP contribution in [-0.4, -0.2) is 29.2 Å². The second-order valence-corrected chi connectivity index (χ2v) is 7.29. The van der Waals surface area contributed by atoms with Gasteiger partial charge in [0.05, 0.1) is 6.61 Å². The first-order valence-corrected chi connectivity index (χ1v) is 7.78. The molecule has 0 aliphatic carbocycles. The van der Waals surface area contributed by atoms with Crippen LogP contribution in [0.25, 0.3) is 0 Å². The lowest BCUT2D eigenvalue weighted by Gasteiger charge is -2.27. The third kappa shape index (κ3) is 3.24. The van der Waals surface area contributed by atoms with Crippen LogP contribution in [0, 0.1) is 13.8 Å². The molecule has 0 spiro atoms. The topological polar surface area (TPSA) is 23.5 Å². The molecule has 1 atom stereocenters. The van der Waals surface area contributed by atoms with Gasteiger partial charge in [0.25, 0.3) is 0 Å². The smallest absolute Gasteiger partial charge is 0.0587 e. The number of likely N-dealkylation sites (tertiary alicyclic amines) is 1. The molecule has 1 N–H and O–H groups in total. The summed E-state index contributed by atoms with van der Waals surface area (Å²) in [6.45, 7) is 13.6. The molecular weight excluding hydrogens is 246 g/mol. The lowest BCUT2D eigenvalue weighted by Crippen LogP contribution is -2.32. The minimum Gasteiger partial charge on any atom is -0.395 e. The lowest BCUT2D eigenvalue weighted by atomic mass is 9.83. The zero-order valence-electron chi connectivity index (χ0n) is 13.7. The van der Waals surface area contributed by atoms with Crippen molar-refractivity contribution < 1.29 is 5.11 Å². The van der Waals surface area contributed by atoms with Gasteiger partial charge in [0, 0.05) is 12.6 Å². The number of nitrogens with zero attached hydrogens (tertiary/aromatic N) is 1. The number of aliphatic hydroxyl groups is 1. The molecule has 1 aliphatic heterocycles. The van der Waals surface area contributed by atoms with E-state index in [1.807, 2.05) is 0 Å². The highest BCUT2D eigenvalue weighted by Crippen LogP contribution is 2.29. The van der Waals surface area contributed by atoms with Crippen LogP contribution >= 0.6 is 0 Å². The second kappa shape index (κ2) is 5.87. The Kier molecular flexibility index (Phi) is 4.55. The van der Waals surface area contributed by atoms with Gasteiger partial charge in [-0.05, 0) is 60.9 Å². The first-order valence-electron chi connectivity index (χ1n) is 7.78. The van der Waals surface area contributed by atoms with E-state index in [-0.39, 0.29) is 12.0 Å². The Bertz CT molecular complexity index is 450. The number of hydrogen-bond acceptors (Lipinski definition) is 2. The fourth-order valence-corrected chi connectivity index (χ4v) is 3.19. The van der Waals surface area contributed by atoms with Gasteiger partial charge in [0.15, 0.2) is 0 Å². The molecule has 0 bridgehead atoms. The molecule has 1 heterocycles. The summed E-state index contributed by atoms with van der Waals surface area (Å²) >= 11 is 0. The molecule has 20 heavy (non-hydrogen) atoms. The van der Waals surface area contributed by atoms with Crippen molar-refractivity contribution in [1.29, 1.82) is 0 Å². The van der Waals surface area contributed by atoms with Crippen LogP contribution in [0.4, 0.5) is 0 Å². The summed E-state index contributed by atoms with van der Waals surface area (Å²) in [4.78, 5) is 2.44. The predicted molar refractivity (Wildman–Crippen MR) is 85.1 cm³/mol. The van der Waals surface area contributed by atoms with E-state index < -0.39 is 0 Å². The summed E-state index contributed by atoms with van der Waals surface area (Å²) in [5.74, 6) is 0. The fraction of sp³-hybridized carbons (Fsp3) is 0.667. The van der Waals surface area contributed by atoms with E-state index in [0.29, 0.717) is 6.04 Å². The standard InChI is InChI=1S/C18H29NO/c1-13-9-15(18(3,4)5)10-14(2)17(13)11-19-8-6-7-16(19)12-20/h9-10,16,20H,6-8,11-12H2,1-5H3/t16-/m1/s1. The average molecular weight is 275 g/mol. The fourth-order valence-electron chi connectivity index (χ4n) is 3.19. The van der Waals surface area contributed by atoms with E-state index in [1.165, 1.54) is 28.7 Å². The molecule has 1 aromatic carbocycles. The zero-order chi connectivity index (χ0) is 14.9. The van der Waals surface area contributed by atoms with Gasteiger partial charge >= 0.3 is 0 Å². The lowest BCUT2D eigenvalue weighted by molar-refractivity contribution is 0.153. The molecule has 0 radical (unpaired) electrons. The van der Waals surface area contributed by atoms with Gasteiger partial charge in [-0.2, -0.15) is 0 Å². The van der Waals surface area contributed by atoms with Crippen molar-refractivity contribution in [1.82, 2.24) is 4.90 Å². The SMILES string of the molecule is Cc1cc(C(C)(C)C)cc(C)c1CN1CCC[C@@H]1CO. The summed E-state index contributed by atoms with van der Waals surface area (Å²) in [6, 6.07) is 5.04.